The maximum absolute atomic E-state index is 6.50. The molecule has 7 heteroatoms. The molecular formula is C44H30N6O. The first-order valence-electron chi connectivity index (χ1n) is 16.7. The average Bonchev–Trinajstić information content (AvgIpc) is 3.74. The first-order chi connectivity index (χ1) is 25.2. The maximum Gasteiger partial charge on any atom is 0.185 e. The van der Waals surface area contributed by atoms with E-state index in [1.165, 1.54) is 5.39 Å². The molecule has 0 bridgehead atoms. The number of benzene rings is 6. The number of hydrogen-bond donors (Lipinski definition) is 0. The second-order valence-electron chi connectivity index (χ2n) is 12.2. The van der Waals surface area contributed by atoms with Crippen LogP contribution in [0.2, 0.25) is 0 Å². The van der Waals surface area contributed by atoms with Gasteiger partial charge in [-0.1, -0.05) is 115 Å². The summed E-state index contributed by atoms with van der Waals surface area (Å²) < 4.78 is 8.80. The molecule has 0 aliphatic rings. The van der Waals surface area contributed by atoms with E-state index in [4.69, 9.17) is 24.4 Å². The van der Waals surface area contributed by atoms with Gasteiger partial charge in [0.2, 0.25) is 0 Å². The summed E-state index contributed by atoms with van der Waals surface area (Å²) in [7, 11) is 0. The van der Waals surface area contributed by atoms with E-state index in [0.717, 1.165) is 44.2 Å². The van der Waals surface area contributed by atoms with Gasteiger partial charge in [-0.2, -0.15) is 0 Å². The van der Waals surface area contributed by atoms with Crippen molar-refractivity contribution in [3.63, 3.8) is 0 Å². The first kappa shape index (κ1) is 30.1. The molecule has 0 unspecified atom stereocenters. The number of furan rings is 1. The molecule has 0 amide bonds. The van der Waals surface area contributed by atoms with E-state index in [-0.39, 0.29) is 0 Å². The van der Waals surface area contributed by atoms with Gasteiger partial charge in [0.15, 0.2) is 23.2 Å². The van der Waals surface area contributed by atoms with Crippen LogP contribution in [0.15, 0.2) is 172 Å². The Labute approximate surface area is 294 Å². The third kappa shape index (κ3) is 5.47. The fraction of sp³-hybridized carbons (Fsp3) is 0.0227. The van der Waals surface area contributed by atoms with Gasteiger partial charge in [0.1, 0.15) is 17.0 Å². The molecule has 242 valence electrons. The summed E-state index contributed by atoms with van der Waals surface area (Å²) in [6.45, 7) is 4.25. The van der Waals surface area contributed by atoms with Gasteiger partial charge in [-0.3, -0.25) is 9.98 Å². The minimum absolute atomic E-state index is 0.344. The second-order valence-corrected chi connectivity index (χ2v) is 12.2. The van der Waals surface area contributed by atoms with E-state index < -0.39 is 0 Å². The van der Waals surface area contributed by atoms with Crippen LogP contribution in [0.4, 0.5) is 5.69 Å². The summed E-state index contributed by atoms with van der Waals surface area (Å²) in [6, 6.07) is 53.1. The minimum atomic E-state index is 0.344. The molecule has 0 saturated carbocycles. The van der Waals surface area contributed by atoms with Crippen molar-refractivity contribution in [3.05, 3.63) is 175 Å². The highest BCUT2D eigenvalue weighted by Crippen LogP contribution is 2.36. The fourth-order valence-electron chi connectivity index (χ4n) is 6.65. The lowest BCUT2D eigenvalue weighted by Crippen LogP contribution is -2.12. The van der Waals surface area contributed by atoms with Crippen LogP contribution in [0.1, 0.15) is 17.1 Å². The van der Waals surface area contributed by atoms with Crippen molar-refractivity contribution in [1.82, 2.24) is 19.5 Å². The molecule has 0 aliphatic carbocycles. The molecule has 0 saturated heterocycles. The van der Waals surface area contributed by atoms with Crippen LogP contribution >= 0.6 is 0 Å². The van der Waals surface area contributed by atoms with Gasteiger partial charge in [-0.15, -0.1) is 0 Å². The summed E-state index contributed by atoms with van der Waals surface area (Å²) in [5.41, 5.74) is 7.89. The van der Waals surface area contributed by atoms with Crippen molar-refractivity contribution in [2.45, 2.75) is 6.54 Å². The molecule has 0 atom stereocenters. The normalized spacial score (nSPS) is 11.8. The van der Waals surface area contributed by atoms with Gasteiger partial charge in [0.25, 0.3) is 0 Å². The third-order valence-electron chi connectivity index (χ3n) is 9.02. The molecule has 9 rings (SSSR count). The van der Waals surface area contributed by atoms with Crippen LogP contribution in [0.25, 0.3) is 61.2 Å². The topological polar surface area (TPSA) is 81.5 Å². The lowest BCUT2D eigenvalue weighted by Gasteiger charge is -2.10. The highest BCUT2D eigenvalue weighted by atomic mass is 16.3. The molecule has 3 heterocycles. The standard InChI is InChI=1S/C44H30N6O/c1-45-39-34-22-12-14-24-38(34)51-41(39)40(44-48-42(30-15-5-2-6-16-30)47-43(49-44)31-17-7-3-8-18-31)46-28-29-25-26-37-35(27-29)33-21-11-13-23-36(33)50(37)32-19-9-4-10-20-32/h2-27H,1,28H2. The number of para-hydroxylation sites is 3. The van der Waals surface area contributed by atoms with Crippen molar-refractivity contribution < 1.29 is 4.42 Å². The average molecular weight is 659 g/mol. The summed E-state index contributed by atoms with van der Waals surface area (Å²) in [6.07, 6.45) is 0. The summed E-state index contributed by atoms with van der Waals surface area (Å²) in [4.78, 5) is 24.6. The Kier molecular flexibility index (Phi) is 7.55. The molecule has 3 aromatic heterocycles. The largest absolute Gasteiger partial charge is 0.452 e. The monoisotopic (exact) mass is 658 g/mol. The lowest BCUT2D eigenvalue weighted by molar-refractivity contribution is 0.604. The summed E-state index contributed by atoms with van der Waals surface area (Å²) in [5.74, 6) is 1.91. The number of fused-ring (bicyclic) bond motifs is 4. The minimum Gasteiger partial charge on any atom is -0.452 e. The predicted octanol–water partition coefficient (Wildman–Crippen LogP) is 10.4. The molecule has 51 heavy (non-hydrogen) atoms. The van der Waals surface area contributed by atoms with Crippen molar-refractivity contribution >= 4 is 50.9 Å². The Bertz CT molecular complexity index is 2670. The van der Waals surface area contributed by atoms with Crippen LogP contribution < -0.4 is 0 Å². The zero-order chi connectivity index (χ0) is 34.1. The number of hydrogen-bond acceptors (Lipinski definition) is 6. The first-order valence-corrected chi connectivity index (χ1v) is 16.7. The van der Waals surface area contributed by atoms with Crippen molar-refractivity contribution in [1.29, 1.82) is 0 Å². The molecule has 0 radical (unpaired) electrons. The highest BCUT2D eigenvalue weighted by molar-refractivity contribution is 6.16. The van der Waals surface area contributed by atoms with Crippen LogP contribution in [0.3, 0.4) is 0 Å². The maximum atomic E-state index is 6.50. The molecular weight excluding hydrogens is 629 g/mol. The molecule has 6 aromatic carbocycles. The second kappa shape index (κ2) is 12.8. The van der Waals surface area contributed by atoms with Gasteiger partial charge < -0.3 is 8.98 Å². The Hall–Kier alpha value is -6.99. The SMILES string of the molecule is C=Nc1c(C(=NCc2ccc3c(c2)c2ccccc2n3-c2ccccc2)c2nc(-c3ccccc3)nc(-c3ccccc3)n2)oc2ccccc12. The summed E-state index contributed by atoms with van der Waals surface area (Å²) in [5, 5.41) is 3.17. The van der Waals surface area contributed by atoms with Crippen LogP contribution in [0, 0.1) is 0 Å². The fourth-order valence-corrected chi connectivity index (χ4v) is 6.65. The van der Waals surface area contributed by atoms with Crippen LogP contribution in [0.5, 0.6) is 0 Å². The molecule has 7 nitrogen and oxygen atoms in total. The van der Waals surface area contributed by atoms with E-state index in [1.54, 1.807) is 0 Å². The quantitative estimate of drug-likeness (QED) is 0.152. The zero-order valence-electron chi connectivity index (χ0n) is 27.5. The van der Waals surface area contributed by atoms with E-state index in [2.05, 4.69) is 83.0 Å². The molecule has 0 spiro atoms. The van der Waals surface area contributed by atoms with E-state index in [9.17, 15) is 0 Å². The lowest BCUT2D eigenvalue weighted by atomic mass is 10.1. The third-order valence-corrected chi connectivity index (χ3v) is 9.02. The smallest absolute Gasteiger partial charge is 0.185 e. The number of aliphatic imine (C=N–C) groups is 2. The Morgan fingerprint density at radius 3 is 1.86 bits per heavy atom. The van der Waals surface area contributed by atoms with Gasteiger partial charge in [-0.05, 0) is 54.7 Å². The van der Waals surface area contributed by atoms with Gasteiger partial charge in [0, 0.05) is 33.0 Å². The summed E-state index contributed by atoms with van der Waals surface area (Å²) >= 11 is 0. The molecule has 0 aliphatic heterocycles. The van der Waals surface area contributed by atoms with Crippen LogP contribution in [-0.2, 0) is 6.54 Å². The van der Waals surface area contributed by atoms with Crippen molar-refractivity contribution in [2.24, 2.45) is 9.98 Å². The predicted molar refractivity (Wildman–Crippen MR) is 206 cm³/mol. The van der Waals surface area contributed by atoms with E-state index in [0.29, 0.717) is 46.8 Å². The number of aromatic nitrogens is 4. The van der Waals surface area contributed by atoms with Gasteiger partial charge in [0.05, 0.1) is 17.6 Å². The zero-order valence-corrected chi connectivity index (χ0v) is 27.5. The Morgan fingerprint density at radius 2 is 1.18 bits per heavy atom. The van der Waals surface area contributed by atoms with Crippen molar-refractivity contribution in [3.8, 4) is 28.5 Å². The molecule has 0 N–H and O–H groups in total. The Balaban J connectivity index is 1.24. The Morgan fingerprint density at radius 1 is 0.588 bits per heavy atom. The van der Waals surface area contributed by atoms with Gasteiger partial charge in [-0.25, -0.2) is 15.0 Å². The molecule has 9 aromatic rings. The number of nitrogens with zero attached hydrogens (tertiary/aromatic N) is 6. The van der Waals surface area contributed by atoms with Crippen LogP contribution in [-0.4, -0.2) is 31.9 Å². The van der Waals surface area contributed by atoms with E-state index in [1.807, 2.05) is 91.0 Å². The molecule has 0 fully saturated rings. The highest BCUT2D eigenvalue weighted by Gasteiger charge is 2.24. The van der Waals surface area contributed by atoms with Gasteiger partial charge >= 0.3 is 0 Å². The van der Waals surface area contributed by atoms with Crippen molar-refractivity contribution in [2.75, 3.05) is 0 Å². The van der Waals surface area contributed by atoms with E-state index >= 15 is 0 Å². The number of rotatable bonds is 8.